The Morgan fingerprint density at radius 2 is 2.10 bits per heavy atom. The summed E-state index contributed by atoms with van der Waals surface area (Å²) in [5, 5.41) is 4.88. The van der Waals surface area contributed by atoms with Gasteiger partial charge in [-0.25, -0.2) is 4.98 Å². The summed E-state index contributed by atoms with van der Waals surface area (Å²) in [6.07, 6.45) is 5.13. The average molecular weight is 397 g/mol. The van der Waals surface area contributed by atoms with Gasteiger partial charge in [0.1, 0.15) is 17.9 Å². The van der Waals surface area contributed by atoms with Crippen LogP contribution in [0.5, 0.6) is 11.6 Å². The Bertz CT molecular complexity index is 912. The van der Waals surface area contributed by atoms with E-state index >= 15 is 0 Å². The minimum Gasteiger partial charge on any atom is -0.497 e. The van der Waals surface area contributed by atoms with Crippen LogP contribution in [0.3, 0.4) is 0 Å². The third kappa shape index (κ3) is 4.28. The number of fused-ring (bicyclic) bond motifs is 1. The second kappa shape index (κ2) is 8.27. The number of hydrogen-bond donors (Lipinski definition) is 1. The quantitative estimate of drug-likeness (QED) is 0.777. The summed E-state index contributed by atoms with van der Waals surface area (Å²) in [5.74, 6) is 1.22. The number of benzene rings is 1. The highest BCUT2D eigenvalue weighted by Gasteiger charge is 2.41. The monoisotopic (exact) mass is 397 g/mol. The number of carbonyl (C=O) groups excluding carboxylic acids is 2. The topological polar surface area (TPSA) is 80.8 Å². The van der Waals surface area contributed by atoms with Gasteiger partial charge in [0.2, 0.25) is 17.7 Å². The largest absolute Gasteiger partial charge is 0.497 e. The maximum atomic E-state index is 12.7. The number of hydrogen-bond acceptors (Lipinski definition) is 5. The molecule has 7 nitrogen and oxygen atoms in total. The van der Waals surface area contributed by atoms with Gasteiger partial charge < -0.3 is 19.7 Å². The fourth-order valence-electron chi connectivity index (χ4n) is 3.80. The van der Waals surface area contributed by atoms with Gasteiger partial charge in [-0.05, 0) is 48.9 Å². The highest BCUT2D eigenvalue weighted by molar-refractivity contribution is 5.89. The zero-order valence-electron chi connectivity index (χ0n) is 16.9. The number of carbonyl (C=O) groups is 2. The summed E-state index contributed by atoms with van der Waals surface area (Å²) in [4.78, 5) is 31.4. The van der Waals surface area contributed by atoms with E-state index in [9.17, 15) is 9.59 Å². The molecule has 2 aromatic rings. The summed E-state index contributed by atoms with van der Waals surface area (Å²) in [5.41, 5.74) is 0. The van der Waals surface area contributed by atoms with Crippen molar-refractivity contribution in [3.63, 3.8) is 0 Å². The van der Waals surface area contributed by atoms with Crippen molar-refractivity contribution in [3.8, 4) is 11.6 Å². The lowest BCUT2D eigenvalue weighted by Gasteiger charge is -2.23. The second-order valence-electron chi connectivity index (χ2n) is 7.77. The van der Waals surface area contributed by atoms with Crippen molar-refractivity contribution < 1.29 is 19.1 Å². The van der Waals surface area contributed by atoms with E-state index in [1.165, 1.54) is 0 Å². The summed E-state index contributed by atoms with van der Waals surface area (Å²) >= 11 is 0. The second-order valence-corrected chi connectivity index (χ2v) is 7.77. The van der Waals surface area contributed by atoms with Crippen LogP contribution in [0.25, 0.3) is 10.8 Å². The number of methoxy groups -OCH3 is 1. The van der Waals surface area contributed by atoms with E-state index in [0.29, 0.717) is 25.3 Å². The molecule has 1 aromatic heterocycles. The third-order valence-electron chi connectivity index (χ3n) is 5.49. The Morgan fingerprint density at radius 3 is 2.83 bits per heavy atom. The van der Waals surface area contributed by atoms with E-state index < -0.39 is 6.04 Å². The molecule has 2 aliphatic rings. The molecule has 7 heteroatoms. The Labute approximate surface area is 170 Å². The van der Waals surface area contributed by atoms with Crippen LogP contribution in [0.15, 0.2) is 30.5 Å². The van der Waals surface area contributed by atoms with Crippen LogP contribution >= 0.6 is 0 Å². The molecular weight excluding hydrogens is 370 g/mol. The number of amides is 2. The van der Waals surface area contributed by atoms with Gasteiger partial charge in [0.25, 0.3) is 0 Å². The van der Waals surface area contributed by atoms with Gasteiger partial charge in [-0.3, -0.25) is 9.59 Å². The molecule has 29 heavy (non-hydrogen) atoms. The molecule has 0 spiro atoms. The van der Waals surface area contributed by atoms with E-state index in [2.05, 4.69) is 10.3 Å². The van der Waals surface area contributed by atoms with Crippen LogP contribution in [0.4, 0.5) is 0 Å². The Morgan fingerprint density at radius 1 is 1.28 bits per heavy atom. The van der Waals surface area contributed by atoms with Crippen LogP contribution in [0.2, 0.25) is 0 Å². The van der Waals surface area contributed by atoms with Crippen molar-refractivity contribution in [2.75, 3.05) is 13.7 Å². The van der Waals surface area contributed by atoms with E-state index in [4.69, 9.17) is 9.47 Å². The number of nitrogens with zero attached hydrogens (tertiary/aromatic N) is 2. The first-order valence-corrected chi connectivity index (χ1v) is 10.3. The summed E-state index contributed by atoms with van der Waals surface area (Å²) < 4.78 is 11.5. The molecule has 1 saturated heterocycles. The van der Waals surface area contributed by atoms with Crippen LogP contribution in [-0.2, 0) is 9.59 Å². The molecule has 1 N–H and O–H groups in total. The molecule has 2 amide bonds. The predicted octanol–water partition coefficient (Wildman–Crippen LogP) is 2.67. The van der Waals surface area contributed by atoms with Gasteiger partial charge in [0.05, 0.1) is 13.7 Å². The molecule has 2 heterocycles. The molecule has 1 saturated carbocycles. The summed E-state index contributed by atoms with van der Waals surface area (Å²) in [6.45, 7) is 2.37. The molecule has 1 aromatic carbocycles. The van der Waals surface area contributed by atoms with Crippen molar-refractivity contribution in [3.05, 3.63) is 30.5 Å². The number of pyridine rings is 1. The maximum absolute atomic E-state index is 12.7. The number of aromatic nitrogens is 1. The number of ether oxygens (including phenoxy) is 2. The highest BCUT2D eigenvalue weighted by atomic mass is 16.5. The average Bonchev–Trinajstić information content (AvgIpc) is 3.43. The van der Waals surface area contributed by atoms with Gasteiger partial charge in [0, 0.05) is 30.5 Å². The third-order valence-corrected chi connectivity index (χ3v) is 5.49. The van der Waals surface area contributed by atoms with Gasteiger partial charge >= 0.3 is 0 Å². The standard InChI is InChI=1S/C22H27N3O4/c1-3-4-20(26)25-13-17(12-19(25)21(27)24-15-5-6-15)29-22-18-8-7-16(28-2)11-14(18)9-10-23-22/h7-11,15,17,19H,3-6,12-13H2,1-2H3,(H,24,27)/t17-,19?/m1/s1. The molecular formula is C22H27N3O4. The lowest BCUT2D eigenvalue weighted by atomic mass is 10.1. The maximum Gasteiger partial charge on any atom is 0.243 e. The SMILES string of the molecule is CCCC(=O)N1C[C@H](Oc2nccc3cc(OC)ccc23)CC1C(=O)NC1CC1. The fourth-order valence-corrected chi connectivity index (χ4v) is 3.80. The molecule has 1 unspecified atom stereocenters. The van der Waals surface area contributed by atoms with E-state index in [1.54, 1.807) is 18.2 Å². The van der Waals surface area contributed by atoms with Gasteiger partial charge in [-0.15, -0.1) is 0 Å². The minimum absolute atomic E-state index is 0.00478. The zero-order chi connectivity index (χ0) is 20.4. The zero-order valence-corrected chi connectivity index (χ0v) is 16.9. The first-order chi connectivity index (χ1) is 14.1. The van der Waals surface area contributed by atoms with Gasteiger partial charge in [0.15, 0.2) is 0 Å². The first kappa shape index (κ1) is 19.5. The lowest BCUT2D eigenvalue weighted by molar-refractivity contribution is -0.138. The highest BCUT2D eigenvalue weighted by Crippen LogP contribution is 2.30. The summed E-state index contributed by atoms with van der Waals surface area (Å²) in [7, 11) is 1.63. The Hall–Kier alpha value is -2.83. The first-order valence-electron chi connectivity index (χ1n) is 10.3. The Kier molecular flexibility index (Phi) is 5.56. The van der Waals surface area contributed by atoms with Crippen molar-refractivity contribution >= 4 is 22.6 Å². The minimum atomic E-state index is -0.477. The molecule has 4 rings (SSSR count). The molecule has 1 aliphatic heterocycles. The molecule has 154 valence electrons. The number of nitrogens with one attached hydrogen (secondary N) is 1. The lowest BCUT2D eigenvalue weighted by Crippen LogP contribution is -2.46. The van der Waals surface area contributed by atoms with Crippen molar-refractivity contribution in [2.45, 2.75) is 57.2 Å². The molecule has 2 atom stereocenters. The predicted molar refractivity (Wildman–Crippen MR) is 109 cm³/mol. The van der Waals surface area contributed by atoms with Crippen molar-refractivity contribution in [1.82, 2.24) is 15.2 Å². The van der Waals surface area contributed by atoms with Gasteiger partial charge in [-0.1, -0.05) is 6.92 Å². The molecule has 0 bridgehead atoms. The van der Waals surface area contributed by atoms with Crippen LogP contribution in [-0.4, -0.2) is 53.5 Å². The van der Waals surface area contributed by atoms with Crippen LogP contribution in [0.1, 0.15) is 39.0 Å². The smallest absolute Gasteiger partial charge is 0.243 e. The van der Waals surface area contributed by atoms with E-state index in [0.717, 1.165) is 35.8 Å². The van der Waals surface area contributed by atoms with E-state index in [-0.39, 0.29) is 24.0 Å². The number of likely N-dealkylation sites (tertiary alicyclic amines) is 1. The van der Waals surface area contributed by atoms with Crippen LogP contribution in [0, 0.1) is 0 Å². The molecule has 0 radical (unpaired) electrons. The van der Waals surface area contributed by atoms with Crippen molar-refractivity contribution in [2.24, 2.45) is 0 Å². The summed E-state index contributed by atoms with van der Waals surface area (Å²) in [6, 6.07) is 7.41. The Balaban J connectivity index is 1.53. The molecule has 2 fully saturated rings. The number of rotatable bonds is 7. The fraction of sp³-hybridized carbons (Fsp3) is 0.500. The van der Waals surface area contributed by atoms with Crippen molar-refractivity contribution in [1.29, 1.82) is 0 Å². The van der Waals surface area contributed by atoms with Gasteiger partial charge in [-0.2, -0.15) is 0 Å². The van der Waals surface area contributed by atoms with E-state index in [1.807, 2.05) is 31.2 Å². The molecule has 1 aliphatic carbocycles. The van der Waals surface area contributed by atoms with Crippen LogP contribution < -0.4 is 14.8 Å². The normalized spacial score (nSPS) is 21.2.